The molecule has 1 heterocycles. The lowest BCUT2D eigenvalue weighted by Gasteiger charge is -2.11. The minimum Gasteiger partial charge on any atom is -0.496 e. The quantitative estimate of drug-likeness (QED) is 0.430. The zero-order valence-corrected chi connectivity index (χ0v) is 16.4. The van der Waals surface area contributed by atoms with E-state index in [2.05, 4.69) is 24.2 Å². The van der Waals surface area contributed by atoms with E-state index < -0.39 is 0 Å². The first kappa shape index (κ1) is 19.4. The lowest BCUT2D eigenvalue weighted by atomic mass is 10.1. The summed E-state index contributed by atoms with van der Waals surface area (Å²) >= 11 is 0. The highest BCUT2D eigenvalue weighted by molar-refractivity contribution is 6.06. The number of benzene rings is 2. The molecule has 0 bridgehead atoms. The molecule has 3 aromatic rings. The third-order valence-electron chi connectivity index (χ3n) is 4.45. The fraction of sp³-hybridized carbons (Fsp3) is 0.217. The molecular weight excluding hydrogens is 352 g/mol. The van der Waals surface area contributed by atoms with E-state index in [-0.39, 0.29) is 5.78 Å². The fourth-order valence-corrected chi connectivity index (χ4v) is 2.81. The fourth-order valence-electron chi connectivity index (χ4n) is 2.81. The van der Waals surface area contributed by atoms with Crippen molar-refractivity contribution in [1.29, 1.82) is 0 Å². The SMILES string of the molecule is CCc1ccc(OCc2cc(/C=C/C(=O)c3cnn(C)c3)ccc2OC)cc1. The largest absolute Gasteiger partial charge is 0.496 e. The molecular formula is C23H24N2O3. The highest BCUT2D eigenvalue weighted by Crippen LogP contribution is 2.23. The van der Waals surface area contributed by atoms with Crippen LogP contribution in [0, 0.1) is 0 Å². The first-order valence-electron chi connectivity index (χ1n) is 9.18. The van der Waals surface area contributed by atoms with Gasteiger partial charge in [-0.05, 0) is 47.9 Å². The summed E-state index contributed by atoms with van der Waals surface area (Å²) in [6.07, 6.45) is 7.59. The number of ketones is 1. The van der Waals surface area contributed by atoms with Crippen molar-refractivity contribution >= 4 is 11.9 Å². The topological polar surface area (TPSA) is 53.3 Å². The Hall–Kier alpha value is -3.34. The molecule has 0 fully saturated rings. The molecule has 5 heteroatoms. The molecule has 0 aliphatic carbocycles. The van der Waals surface area contributed by atoms with E-state index in [0.29, 0.717) is 12.2 Å². The monoisotopic (exact) mass is 376 g/mol. The van der Waals surface area contributed by atoms with Crippen molar-refractivity contribution < 1.29 is 14.3 Å². The number of carbonyl (C=O) groups is 1. The van der Waals surface area contributed by atoms with Crippen LogP contribution in [-0.2, 0) is 20.1 Å². The number of rotatable bonds is 8. The first-order chi connectivity index (χ1) is 13.6. The van der Waals surface area contributed by atoms with Gasteiger partial charge in [-0.1, -0.05) is 31.2 Å². The van der Waals surface area contributed by atoms with Crippen LogP contribution >= 0.6 is 0 Å². The van der Waals surface area contributed by atoms with Crippen LogP contribution < -0.4 is 9.47 Å². The maximum atomic E-state index is 12.2. The van der Waals surface area contributed by atoms with Gasteiger partial charge in [0, 0.05) is 18.8 Å². The number of aryl methyl sites for hydroxylation is 2. The Morgan fingerprint density at radius 3 is 2.61 bits per heavy atom. The molecule has 0 aliphatic rings. The van der Waals surface area contributed by atoms with Gasteiger partial charge in [-0.25, -0.2) is 0 Å². The number of ether oxygens (including phenoxy) is 2. The van der Waals surface area contributed by atoms with Gasteiger partial charge < -0.3 is 9.47 Å². The van der Waals surface area contributed by atoms with Gasteiger partial charge >= 0.3 is 0 Å². The number of methoxy groups -OCH3 is 1. The summed E-state index contributed by atoms with van der Waals surface area (Å²) < 4.78 is 13.0. The summed E-state index contributed by atoms with van der Waals surface area (Å²) in [5.74, 6) is 1.48. The maximum absolute atomic E-state index is 12.2. The number of allylic oxidation sites excluding steroid dienone is 1. The second-order valence-corrected chi connectivity index (χ2v) is 6.46. The number of carbonyl (C=O) groups excluding carboxylic acids is 1. The Balaban J connectivity index is 1.71. The highest BCUT2D eigenvalue weighted by atomic mass is 16.5. The van der Waals surface area contributed by atoms with Gasteiger partial charge in [0.15, 0.2) is 5.78 Å². The summed E-state index contributed by atoms with van der Waals surface area (Å²) in [5, 5.41) is 4.02. The van der Waals surface area contributed by atoms with Gasteiger partial charge in [0.25, 0.3) is 0 Å². The molecule has 1 aromatic heterocycles. The normalized spacial score (nSPS) is 11.0. The molecule has 5 nitrogen and oxygen atoms in total. The van der Waals surface area contributed by atoms with Gasteiger partial charge in [-0.3, -0.25) is 9.48 Å². The Morgan fingerprint density at radius 2 is 1.96 bits per heavy atom. The third kappa shape index (κ3) is 4.88. The third-order valence-corrected chi connectivity index (χ3v) is 4.45. The molecule has 0 amide bonds. The molecule has 2 aromatic carbocycles. The first-order valence-corrected chi connectivity index (χ1v) is 9.18. The summed E-state index contributed by atoms with van der Waals surface area (Å²) in [7, 11) is 3.42. The van der Waals surface area contributed by atoms with Gasteiger partial charge in [0.1, 0.15) is 18.1 Å². The lowest BCUT2D eigenvalue weighted by Crippen LogP contribution is -1.99. The van der Waals surface area contributed by atoms with Crippen LogP contribution in [0.25, 0.3) is 6.08 Å². The van der Waals surface area contributed by atoms with E-state index in [1.54, 1.807) is 43.4 Å². The Morgan fingerprint density at radius 1 is 1.18 bits per heavy atom. The van der Waals surface area contributed by atoms with E-state index in [0.717, 1.165) is 29.0 Å². The van der Waals surface area contributed by atoms with E-state index in [9.17, 15) is 4.79 Å². The smallest absolute Gasteiger partial charge is 0.189 e. The van der Waals surface area contributed by atoms with Gasteiger partial charge in [-0.15, -0.1) is 0 Å². The minimum absolute atomic E-state index is 0.0854. The van der Waals surface area contributed by atoms with Crippen LogP contribution in [0.2, 0.25) is 0 Å². The number of hydrogen-bond donors (Lipinski definition) is 0. The van der Waals surface area contributed by atoms with Crippen molar-refractivity contribution in [2.75, 3.05) is 7.11 Å². The number of hydrogen-bond acceptors (Lipinski definition) is 4. The minimum atomic E-state index is -0.0854. The van der Waals surface area contributed by atoms with Gasteiger partial charge in [0.05, 0.1) is 18.9 Å². The van der Waals surface area contributed by atoms with E-state index in [1.807, 2.05) is 30.3 Å². The molecule has 0 radical (unpaired) electrons. The summed E-state index contributed by atoms with van der Waals surface area (Å²) in [6, 6.07) is 13.8. The summed E-state index contributed by atoms with van der Waals surface area (Å²) in [6.45, 7) is 2.51. The zero-order chi connectivity index (χ0) is 19.9. The van der Waals surface area contributed by atoms with E-state index in [1.165, 1.54) is 5.56 Å². The molecule has 0 aliphatic heterocycles. The van der Waals surface area contributed by atoms with Crippen LogP contribution in [0.5, 0.6) is 11.5 Å². The van der Waals surface area contributed by atoms with Crippen LogP contribution in [0.1, 0.15) is 34.0 Å². The number of aromatic nitrogens is 2. The standard InChI is InChI=1S/C23H24N2O3/c1-4-17-5-9-21(10-6-17)28-16-19-13-18(8-12-23(19)27-3)7-11-22(26)20-14-24-25(2)15-20/h5-15H,4,16H2,1-3H3/b11-7+. The Kier molecular flexibility index (Phi) is 6.27. The molecule has 0 spiro atoms. The predicted octanol–water partition coefficient (Wildman–Crippen LogP) is 4.47. The van der Waals surface area contributed by atoms with Gasteiger partial charge in [-0.2, -0.15) is 5.10 Å². The molecule has 0 atom stereocenters. The average molecular weight is 376 g/mol. The van der Waals surface area contributed by atoms with Crippen LogP contribution in [0.3, 0.4) is 0 Å². The van der Waals surface area contributed by atoms with Crippen molar-refractivity contribution in [3.05, 3.63) is 83.2 Å². The molecule has 28 heavy (non-hydrogen) atoms. The van der Waals surface area contributed by atoms with Crippen molar-refractivity contribution in [2.24, 2.45) is 7.05 Å². The zero-order valence-electron chi connectivity index (χ0n) is 16.4. The highest BCUT2D eigenvalue weighted by Gasteiger charge is 2.07. The summed E-state index contributed by atoms with van der Waals surface area (Å²) in [4.78, 5) is 12.2. The Labute approximate surface area is 165 Å². The van der Waals surface area contributed by atoms with Crippen molar-refractivity contribution in [2.45, 2.75) is 20.0 Å². The summed E-state index contributed by atoms with van der Waals surface area (Å²) in [5.41, 5.74) is 3.65. The van der Waals surface area contributed by atoms with E-state index in [4.69, 9.17) is 9.47 Å². The average Bonchev–Trinajstić information content (AvgIpc) is 3.17. The molecule has 0 saturated heterocycles. The molecule has 0 saturated carbocycles. The molecule has 0 N–H and O–H groups in total. The number of nitrogens with zero attached hydrogens (tertiary/aromatic N) is 2. The van der Waals surface area contributed by atoms with Crippen LogP contribution in [0.4, 0.5) is 0 Å². The second-order valence-electron chi connectivity index (χ2n) is 6.46. The maximum Gasteiger partial charge on any atom is 0.189 e. The van der Waals surface area contributed by atoms with E-state index >= 15 is 0 Å². The molecule has 3 rings (SSSR count). The van der Waals surface area contributed by atoms with Crippen molar-refractivity contribution in [1.82, 2.24) is 9.78 Å². The van der Waals surface area contributed by atoms with Gasteiger partial charge in [0.2, 0.25) is 0 Å². The predicted molar refractivity (Wildman–Crippen MR) is 110 cm³/mol. The molecule has 144 valence electrons. The second kappa shape index (κ2) is 9.04. The van der Waals surface area contributed by atoms with Crippen LogP contribution in [0.15, 0.2) is 60.9 Å². The Bertz CT molecular complexity index is 972. The lowest BCUT2D eigenvalue weighted by molar-refractivity contribution is 0.104. The molecule has 0 unspecified atom stereocenters. The van der Waals surface area contributed by atoms with Crippen LogP contribution in [-0.4, -0.2) is 22.7 Å². The van der Waals surface area contributed by atoms with Crippen molar-refractivity contribution in [3.8, 4) is 11.5 Å². The van der Waals surface area contributed by atoms with Crippen molar-refractivity contribution in [3.63, 3.8) is 0 Å².